The molecule has 0 aliphatic carbocycles. The maximum Gasteiger partial charge on any atom is 0.408 e. The fourth-order valence-electron chi connectivity index (χ4n) is 2.23. The third-order valence-corrected chi connectivity index (χ3v) is 3.48. The second-order valence-electron chi connectivity index (χ2n) is 5.38. The van der Waals surface area contributed by atoms with Gasteiger partial charge in [-0.1, -0.05) is 42.5 Å². The van der Waals surface area contributed by atoms with E-state index in [4.69, 9.17) is 9.47 Å². The molecule has 132 valence electrons. The molecule has 0 aliphatic rings. The van der Waals surface area contributed by atoms with Crippen molar-refractivity contribution in [3.8, 4) is 5.75 Å². The lowest BCUT2D eigenvalue weighted by Crippen LogP contribution is -2.42. The van der Waals surface area contributed by atoms with Crippen molar-refractivity contribution in [1.82, 2.24) is 5.32 Å². The minimum absolute atomic E-state index is 0.0854. The fraction of sp³-hybridized carbons (Fsp3) is 0.263. The molecule has 25 heavy (non-hydrogen) atoms. The first-order valence-electron chi connectivity index (χ1n) is 8.00. The summed E-state index contributed by atoms with van der Waals surface area (Å²) in [5.74, 6) is -0.404. The third kappa shape index (κ3) is 6.18. The molecule has 1 atom stereocenters. The Bertz CT molecular complexity index is 685. The monoisotopic (exact) mass is 343 g/mol. The minimum Gasteiger partial charge on any atom is -0.494 e. The maximum atomic E-state index is 11.8. The first-order chi connectivity index (χ1) is 12.1. The molecule has 0 saturated carbocycles. The van der Waals surface area contributed by atoms with Crippen LogP contribution in [0.3, 0.4) is 0 Å². The number of nitrogens with one attached hydrogen (secondary N) is 1. The Labute approximate surface area is 146 Å². The lowest BCUT2D eigenvalue weighted by Gasteiger charge is -2.15. The molecule has 0 spiro atoms. The van der Waals surface area contributed by atoms with Crippen molar-refractivity contribution in [1.29, 1.82) is 0 Å². The molecular weight excluding hydrogens is 322 g/mol. The van der Waals surface area contributed by atoms with E-state index in [2.05, 4.69) is 5.32 Å². The van der Waals surface area contributed by atoms with Gasteiger partial charge in [-0.15, -0.1) is 0 Å². The molecule has 0 unspecified atom stereocenters. The summed E-state index contributed by atoms with van der Waals surface area (Å²) in [6.07, 6.45) is -0.607. The van der Waals surface area contributed by atoms with Crippen LogP contribution in [0.15, 0.2) is 54.6 Å². The highest BCUT2D eigenvalue weighted by Gasteiger charge is 2.21. The van der Waals surface area contributed by atoms with E-state index in [-0.39, 0.29) is 13.0 Å². The SMILES string of the molecule is CCOc1ccc(C[C@@H](NC(=O)OCc2ccccc2)C(=O)O)cc1. The molecule has 0 saturated heterocycles. The summed E-state index contributed by atoms with van der Waals surface area (Å²) in [6.45, 7) is 2.54. The van der Waals surface area contributed by atoms with Crippen molar-refractivity contribution >= 4 is 12.1 Å². The first kappa shape index (κ1) is 18.3. The first-order valence-corrected chi connectivity index (χ1v) is 8.00. The number of alkyl carbamates (subject to hydrolysis) is 1. The zero-order valence-electron chi connectivity index (χ0n) is 14.0. The third-order valence-electron chi connectivity index (χ3n) is 3.48. The Kier molecular flexibility index (Phi) is 6.83. The predicted molar refractivity (Wildman–Crippen MR) is 92.5 cm³/mol. The summed E-state index contributed by atoms with van der Waals surface area (Å²) in [4.78, 5) is 23.2. The van der Waals surface area contributed by atoms with E-state index in [1.165, 1.54) is 0 Å². The molecule has 0 fully saturated rings. The Morgan fingerprint density at radius 1 is 1.04 bits per heavy atom. The highest BCUT2D eigenvalue weighted by Crippen LogP contribution is 2.13. The molecule has 0 aliphatic heterocycles. The van der Waals surface area contributed by atoms with E-state index < -0.39 is 18.1 Å². The molecule has 0 bridgehead atoms. The van der Waals surface area contributed by atoms with Crippen molar-refractivity contribution in [3.63, 3.8) is 0 Å². The Hall–Kier alpha value is -3.02. The van der Waals surface area contributed by atoms with Crippen LogP contribution in [-0.2, 0) is 22.6 Å². The molecule has 6 nitrogen and oxygen atoms in total. The van der Waals surface area contributed by atoms with Gasteiger partial charge in [-0.2, -0.15) is 0 Å². The van der Waals surface area contributed by atoms with Gasteiger partial charge >= 0.3 is 12.1 Å². The fourth-order valence-corrected chi connectivity index (χ4v) is 2.23. The van der Waals surface area contributed by atoms with Gasteiger partial charge in [0, 0.05) is 6.42 Å². The summed E-state index contributed by atoms with van der Waals surface area (Å²) in [5.41, 5.74) is 1.61. The van der Waals surface area contributed by atoms with E-state index in [1.807, 2.05) is 37.3 Å². The number of carbonyl (C=O) groups excluding carboxylic acids is 1. The van der Waals surface area contributed by atoms with Crippen LogP contribution in [0.5, 0.6) is 5.75 Å². The molecular formula is C19H21NO5. The van der Waals surface area contributed by atoms with E-state index in [0.717, 1.165) is 11.1 Å². The highest BCUT2D eigenvalue weighted by atomic mass is 16.5. The van der Waals surface area contributed by atoms with Gasteiger partial charge in [0.15, 0.2) is 0 Å². The van der Waals surface area contributed by atoms with E-state index in [0.29, 0.717) is 12.4 Å². The quantitative estimate of drug-likeness (QED) is 0.770. The summed E-state index contributed by atoms with van der Waals surface area (Å²) in [5, 5.41) is 11.7. The van der Waals surface area contributed by atoms with Crippen LogP contribution < -0.4 is 10.1 Å². The van der Waals surface area contributed by atoms with Crippen LogP contribution >= 0.6 is 0 Å². The molecule has 2 N–H and O–H groups in total. The normalized spacial score (nSPS) is 11.4. The van der Waals surface area contributed by atoms with Crippen LogP contribution in [0, 0.1) is 0 Å². The summed E-state index contributed by atoms with van der Waals surface area (Å²) >= 11 is 0. The largest absolute Gasteiger partial charge is 0.494 e. The second kappa shape index (κ2) is 9.32. The lowest BCUT2D eigenvalue weighted by atomic mass is 10.1. The summed E-state index contributed by atoms with van der Waals surface area (Å²) in [7, 11) is 0. The number of carbonyl (C=O) groups is 2. The standard InChI is InChI=1S/C19H21NO5/c1-2-24-16-10-8-14(9-11-16)12-17(18(21)22)20-19(23)25-13-15-6-4-3-5-7-15/h3-11,17H,2,12-13H2,1H3,(H,20,23)(H,21,22)/t17-/m1/s1. The van der Waals surface area contributed by atoms with Gasteiger partial charge in [-0.05, 0) is 30.2 Å². The van der Waals surface area contributed by atoms with Crippen molar-refractivity contribution in [2.24, 2.45) is 0 Å². The number of carboxylic acids is 1. The van der Waals surface area contributed by atoms with Gasteiger partial charge in [0.1, 0.15) is 18.4 Å². The molecule has 2 aromatic rings. The average molecular weight is 343 g/mol. The number of hydrogen-bond acceptors (Lipinski definition) is 4. The van der Waals surface area contributed by atoms with Crippen molar-refractivity contribution < 1.29 is 24.2 Å². The van der Waals surface area contributed by atoms with Crippen LogP contribution in [0.1, 0.15) is 18.1 Å². The Morgan fingerprint density at radius 3 is 2.32 bits per heavy atom. The van der Waals surface area contributed by atoms with Gasteiger partial charge in [-0.3, -0.25) is 0 Å². The topological polar surface area (TPSA) is 84.9 Å². The second-order valence-corrected chi connectivity index (χ2v) is 5.38. The van der Waals surface area contributed by atoms with Crippen LogP contribution in [-0.4, -0.2) is 29.8 Å². The summed E-state index contributed by atoms with van der Waals surface area (Å²) in [6, 6.07) is 15.2. The summed E-state index contributed by atoms with van der Waals surface area (Å²) < 4.78 is 10.4. The number of ether oxygens (including phenoxy) is 2. The van der Waals surface area contributed by atoms with E-state index >= 15 is 0 Å². The Morgan fingerprint density at radius 2 is 1.72 bits per heavy atom. The zero-order valence-corrected chi connectivity index (χ0v) is 14.0. The predicted octanol–water partition coefficient (Wildman–Crippen LogP) is 3.01. The van der Waals surface area contributed by atoms with E-state index in [9.17, 15) is 14.7 Å². The minimum atomic E-state index is -1.12. The molecule has 0 heterocycles. The molecule has 2 aromatic carbocycles. The maximum absolute atomic E-state index is 11.8. The molecule has 2 rings (SSSR count). The van der Waals surface area contributed by atoms with Crippen molar-refractivity contribution in [2.75, 3.05) is 6.61 Å². The van der Waals surface area contributed by atoms with Crippen molar-refractivity contribution in [3.05, 3.63) is 65.7 Å². The lowest BCUT2D eigenvalue weighted by molar-refractivity contribution is -0.139. The van der Waals surface area contributed by atoms with Gasteiger partial charge in [-0.25, -0.2) is 9.59 Å². The Balaban J connectivity index is 1.89. The number of aliphatic carboxylic acids is 1. The number of benzene rings is 2. The molecule has 0 radical (unpaired) electrons. The molecule has 1 amide bonds. The highest BCUT2D eigenvalue weighted by molar-refractivity contribution is 5.80. The van der Waals surface area contributed by atoms with Crippen LogP contribution in [0.4, 0.5) is 4.79 Å². The van der Waals surface area contributed by atoms with Crippen molar-refractivity contribution in [2.45, 2.75) is 26.0 Å². The average Bonchev–Trinajstić information content (AvgIpc) is 2.62. The number of hydrogen-bond donors (Lipinski definition) is 2. The number of carboxylic acid groups (broad SMARTS) is 1. The van der Waals surface area contributed by atoms with Crippen LogP contribution in [0.2, 0.25) is 0 Å². The van der Waals surface area contributed by atoms with Gasteiger partial charge in [0.05, 0.1) is 6.61 Å². The number of amides is 1. The van der Waals surface area contributed by atoms with Crippen LogP contribution in [0.25, 0.3) is 0 Å². The van der Waals surface area contributed by atoms with Gasteiger partial charge in [0.2, 0.25) is 0 Å². The van der Waals surface area contributed by atoms with Gasteiger partial charge < -0.3 is 19.9 Å². The van der Waals surface area contributed by atoms with Gasteiger partial charge in [0.25, 0.3) is 0 Å². The molecule has 0 aromatic heterocycles. The van der Waals surface area contributed by atoms with E-state index in [1.54, 1.807) is 24.3 Å². The smallest absolute Gasteiger partial charge is 0.408 e. The number of rotatable bonds is 8. The molecule has 6 heteroatoms. The zero-order chi connectivity index (χ0) is 18.1.